The summed E-state index contributed by atoms with van der Waals surface area (Å²) in [5, 5.41) is 46.4. The average Bonchev–Trinajstić information content (AvgIpc) is 2.69. The van der Waals surface area contributed by atoms with Gasteiger partial charge in [-0.3, -0.25) is 14.9 Å². The van der Waals surface area contributed by atoms with Crippen LogP contribution in [0, 0.1) is 17.0 Å². The number of aldehydes is 1. The number of halogens is 1. The van der Waals surface area contributed by atoms with Gasteiger partial charge in [0.1, 0.15) is 11.4 Å². The van der Waals surface area contributed by atoms with Gasteiger partial charge in [-0.1, -0.05) is 11.6 Å². The van der Waals surface area contributed by atoms with Crippen LogP contribution in [-0.2, 0) is 20.9 Å². The maximum absolute atomic E-state index is 11.5. The Bertz CT molecular complexity index is 1090. The van der Waals surface area contributed by atoms with Crippen LogP contribution < -0.4 is 0 Å². The van der Waals surface area contributed by atoms with Gasteiger partial charge in [0.25, 0.3) is 11.8 Å². The quantitative estimate of drug-likeness (QED) is 0.167. The zero-order valence-corrected chi connectivity index (χ0v) is 16.3. The summed E-state index contributed by atoms with van der Waals surface area (Å²) in [4.78, 5) is 47.6. The molecule has 2 rings (SSSR count). The summed E-state index contributed by atoms with van der Waals surface area (Å²) < 4.78 is 4.83. The number of rotatable bonds is 9. The highest BCUT2D eigenvalue weighted by Gasteiger charge is 2.28. The fraction of sp³-hybridized carbons (Fsp3) is 0.176. The van der Waals surface area contributed by atoms with Crippen molar-refractivity contribution in [1.29, 1.82) is 0 Å². The van der Waals surface area contributed by atoms with E-state index in [1.54, 1.807) is 0 Å². The van der Waals surface area contributed by atoms with Crippen molar-refractivity contribution in [3.05, 3.63) is 50.2 Å². The Morgan fingerprint density at radius 1 is 1.32 bits per heavy atom. The zero-order valence-electron chi connectivity index (χ0n) is 15.6. The number of carbonyl (C=O) groups excluding carboxylic acids is 1. The van der Waals surface area contributed by atoms with E-state index in [0.29, 0.717) is 0 Å². The molecule has 2 aromatic rings. The Balaban J connectivity index is 2.53. The smallest absolute Gasteiger partial charge is 0.344 e. The highest BCUT2D eigenvalue weighted by Crippen LogP contribution is 2.34. The summed E-state index contributed by atoms with van der Waals surface area (Å²) in [6.45, 7) is 0.554. The first-order valence-corrected chi connectivity index (χ1v) is 8.55. The number of aryl methyl sites for hydroxylation is 1. The Kier molecular flexibility index (Phi) is 7.28. The number of benzene rings is 1. The fourth-order valence-corrected chi connectivity index (χ4v) is 2.45. The van der Waals surface area contributed by atoms with Crippen molar-refractivity contribution >= 4 is 47.0 Å². The van der Waals surface area contributed by atoms with Gasteiger partial charge in [0, 0.05) is 17.7 Å². The maximum Gasteiger partial charge on any atom is 0.344 e. The molecule has 13 nitrogen and oxygen atoms in total. The molecule has 0 saturated carbocycles. The number of ether oxygens (including phenoxy) is 1. The number of nitro benzene ring substituents is 1. The monoisotopic (exact) mass is 452 g/mol. The van der Waals surface area contributed by atoms with Gasteiger partial charge in [-0.05, 0) is 13.0 Å². The van der Waals surface area contributed by atoms with E-state index in [1.165, 1.54) is 13.0 Å². The van der Waals surface area contributed by atoms with Crippen LogP contribution in [-0.4, -0.2) is 49.6 Å². The van der Waals surface area contributed by atoms with Crippen molar-refractivity contribution in [3.63, 3.8) is 0 Å². The second-order valence-corrected chi connectivity index (χ2v) is 6.25. The first-order valence-electron chi connectivity index (χ1n) is 8.17. The van der Waals surface area contributed by atoms with E-state index >= 15 is 0 Å². The Hall–Kier alpha value is -3.97. The van der Waals surface area contributed by atoms with E-state index in [2.05, 4.69) is 15.2 Å². The molecule has 0 radical (unpaired) electrons. The fourth-order valence-electron chi connectivity index (χ4n) is 2.30. The largest absolute Gasteiger partial charge is 0.505 e. The lowest BCUT2D eigenvalue weighted by Gasteiger charge is -2.13. The molecule has 14 heteroatoms. The molecule has 0 amide bonds. The van der Waals surface area contributed by atoms with Crippen molar-refractivity contribution in [2.24, 2.45) is 10.2 Å². The Morgan fingerprint density at radius 3 is 2.52 bits per heavy atom. The van der Waals surface area contributed by atoms with E-state index in [0.717, 1.165) is 12.1 Å². The molecule has 1 aromatic heterocycles. The molecule has 0 unspecified atom stereocenters. The SMILES string of the molecule is Cc1nc(/N=N/c2cc([N+](=O)[O-])ccc2Cl)c(COC(C(=O)O)C(=O)O)c(C=O)c1O. The van der Waals surface area contributed by atoms with Crippen LogP contribution in [0.5, 0.6) is 5.75 Å². The molecule has 3 N–H and O–H groups in total. The first kappa shape index (κ1) is 23.3. The van der Waals surface area contributed by atoms with Crippen molar-refractivity contribution in [2.75, 3.05) is 0 Å². The van der Waals surface area contributed by atoms with Crippen molar-refractivity contribution in [2.45, 2.75) is 19.6 Å². The van der Waals surface area contributed by atoms with Crippen LogP contribution in [0.3, 0.4) is 0 Å². The zero-order chi connectivity index (χ0) is 23.3. The molecule has 0 saturated heterocycles. The third-order valence-corrected chi connectivity index (χ3v) is 4.14. The number of aliphatic carboxylic acids is 2. The normalized spacial score (nSPS) is 11.1. The molecule has 0 aliphatic heterocycles. The van der Waals surface area contributed by atoms with Crippen LogP contribution >= 0.6 is 11.6 Å². The summed E-state index contributed by atoms with van der Waals surface area (Å²) in [6, 6.07) is 3.39. The van der Waals surface area contributed by atoms with Gasteiger partial charge in [-0.2, -0.15) is 0 Å². The van der Waals surface area contributed by atoms with Crippen molar-refractivity contribution in [1.82, 2.24) is 4.98 Å². The molecule has 1 aromatic carbocycles. The molecule has 0 spiro atoms. The van der Waals surface area contributed by atoms with Crippen molar-refractivity contribution in [3.8, 4) is 5.75 Å². The molecule has 31 heavy (non-hydrogen) atoms. The molecule has 0 aliphatic carbocycles. The summed E-state index contributed by atoms with van der Waals surface area (Å²) in [6.07, 6.45) is -2.04. The third-order valence-electron chi connectivity index (χ3n) is 3.82. The van der Waals surface area contributed by atoms with E-state index in [1.807, 2.05) is 0 Å². The van der Waals surface area contributed by atoms with Gasteiger partial charge in [-0.25, -0.2) is 14.6 Å². The summed E-state index contributed by atoms with van der Waals surface area (Å²) in [5.74, 6) is -4.47. The van der Waals surface area contributed by atoms with Crippen molar-refractivity contribution < 1.29 is 39.4 Å². The number of carboxylic acids is 2. The predicted molar refractivity (Wildman–Crippen MR) is 102 cm³/mol. The van der Waals surface area contributed by atoms with Gasteiger partial charge in [-0.15, -0.1) is 10.2 Å². The highest BCUT2D eigenvalue weighted by atomic mass is 35.5. The second-order valence-electron chi connectivity index (χ2n) is 5.84. The number of azo groups is 1. The summed E-state index contributed by atoms with van der Waals surface area (Å²) in [7, 11) is 0. The van der Waals surface area contributed by atoms with Gasteiger partial charge >= 0.3 is 11.9 Å². The second kappa shape index (κ2) is 9.69. The lowest BCUT2D eigenvalue weighted by molar-refractivity contribution is -0.384. The summed E-state index contributed by atoms with van der Waals surface area (Å²) in [5.41, 5.74) is -1.11. The number of pyridine rings is 1. The molecular weight excluding hydrogens is 440 g/mol. The topological polar surface area (TPSA) is 202 Å². The average molecular weight is 453 g/mol. The minimum Gasteiger partial charge on any atom is -0.505 e. The van der Waals surface area contributed by atoms with E-state index in [-0.39, 0.29) is 45.3 Å². The minimum atomic E-state index is -2.26. The van der Waals surface area contributed by atoms with Gasteiger partial charge in [0.2, 0.25) is 0 Å². The number of hydrogen-bond donors (Lipinski definition) is 3. The van der Waals surface area contributed by atoms with E-state index in [9.17, 15) is 29.6 Å². The van der Waals surface area contributed by atoms with Gasteiger partial charge in [0.15, 0.2) is 12.1 Å². The molecule has 0 bridgehead atoms. The minimum absolute atomic E-state index is 0.00933. The Morgan fingerprint density at radius 2 is 1.97 bits per heavy atom. The molecule has 0 atom stereocenters. The van der Waals surface area contributed by atoms with Gasteiger partial charge in [0.05, 0.1) is 27.8 Å². The third kappa shape index (κ3) is 5.34. The summed E-state index contributed by atoms with van der Waals surface area (Å²) >= 11 is 5.95. The number of nitro groups is 1. The standard InChI is InChI=1S/C17H13ClN4O9/c1-7-13(24)9(5-23)10(6-31-14(16(25)26)17(27)28)15(19-7)21-20-12-4-8(22(29)30)2-3-11(12)18/h2-5,14,24H,6H2,1H3,(H,25,26)(H,27,28)/b21-20+. The number of non-ortho nitro benzene ring substituents is 1. The molecular formula is C17H13ClN4O9. The number of aromatic nitrogens is 1. The van der Waals surface area contributed by atoms with E-state index < -0.39 is 35.3 Å². The maximum atomic E-state index is 11.5. The van der Waals surface area contributed by atoms with E-state index in [4.69, 9.17) is 26.6 Å². The molecule has 1 heterocycles. The molecule has 0 aliphatic rings. The lowest BCUT2D eigenvalue weighted by atomic mass is 10.1. The number of aromatic hydroxyl groups is 1. The van der Waals surface area contributed by atoms with Crippen LogP contribution in [0.15, 0.2) is 28.4 Å². The van der Waals surface area contributed by atoms with Crippen LogP contribution in [0.4, 0.5) is 17.2 Å². The molecule has 162 valence electrons. The van der Waals surface area contributed by atoms with Gasteiger partial charge < -0.3 is 20.1 Å². The molecule has 0 fully saturated rings. The first-order chi connectivity index (χ1) is 14.6. The highest BCUT2D eigenvalue weighted by molar-refractivity contribution is 6.33. The number of nitrogens with zero attached hydrogens (tertiary/aromatic N) is 4. The predicted octanol–water partition coefficient (Wildman–Crippen LogP) is 2.94. The number of hydrogen-bond acceptors (Lipinski definition) is 10. The van der Waals surface area contributed by atoms with Crippen LogP contribution in [0.2, 0.25) is 5.02 Å². The Labute approximate surface area is 177 Å². The van der Waals surface area contributed by atoms with Crippen LogP contribution in [0.25, 0.3) is 0 Å². The number of carbonyl (C=O) groups is 3. The lowest BCUT2D eigenvalue weighted by Crippen LogP contribution is -2.32. The van der Waals surface area contributed by atoms with Crippen LogP contribution in [0.1, 0.15) is 21.6 Å². The number of carboxylic acid groups (broad SMARTS) is 2.